The van der Waals surface area contributed by atoms with Crippen LogP contribution in [-0.4, -0.2) is 85.8 Å². The first-order valence-corrected chi connectivity index (χ1v) is 19.2. The normalized spacial score (nSPS) is 18.4. The Morgan fingerprint density at radius 3 is 2.38 bits per heavy atom. The van der Waals surface area contributed by atoms with Crippen LogP contribution in [0.25, 0.3) is 10.9 Å². The lowest BCUT2D eigenvalue weighted by atomic mass is 9.95. The molecule has 1 aliphatic heterocycles. The van der Waals surface area contributed by atoms with Crippen LogP contribution in [0.2, 0.25) is 0 Å². The fourth-order valence-electron chi connectivity index (χ4n) is 6.51. The van der Waals surface area contributed by atoms with E-state index in [1.165, 1.54) is 0 Å². The zero-order valence-corrected chi connectivity index (χ0v) is 31.6. The van der Waals surface area contributed by atoms with E-state index in [1.807, 2.05) is 119 Å². The van der Waals surface area contributed by atoms with Gasteiger partial charge in [-0.2, -0.15) is 11.8 Å². The van der Waals surface area contributed by atoms with Gasteiger partial charge in [-0.3, -0.25) is 24.3 Å². The highest BCUT2D eigenvalue weighted by atomic mass is 32.2. The molecule has 1 saturated heterocycles. The molecule has 11 heteroatoms. The molecule has 276 valence electrons. The summed E-state index contributed by atoms with van der Waals surface area (Å²) in [5, 5.41) is 22.2. The van der Waals surface area contributed by atoms with Gasteiger partial charge in [0, 0.05) is 47.4 Å². The predicted octanol–water partition coefficient (Wildman–Crippen LogP) is 5.15. The van der Waals surface area contributed by atoms with Crippen molar-refractivity contribution in [3.63, 3.8) is 0 Å². The molecule has 3 heterocycles. The molecule has 0 spiro atoms. The third-order valence-corrected chi connectivity index (χ3v) is 10.7. The van der Waals surface area contributed by atoms with Gasteiger partial charge in [-0.15, -0.1) is 0 Å². The van der Waals surface area contributed by atoms with E-state index in [9.17, 15) is 19.5 Å². The van der Waals surface area contributed by atoms with E-state index in [2.05, 4.69) is 36.9 Å². The van der Waals surface area contributed by atoms with Gasteiger partial charge in [0.15, 0.2) is 0 Å². The van der Waals surface area contributed by atoms with Crippen LogP contribution in [0.1, 0.15) is 69.1 Å². The summed E-state index contributed by atoms with van der Waals surface area (Å²) in [4.78, 5) is 51.9. The molecular formula is C41H52N6O4S. The van der Waals surface area contributed by atoms with Crippen LogP contribution in [0, 0.1) is 5.92 Å². The molecule has 4 aromatic rings. The molecule has 52 heavy (non-hydrogen) atoms. The molecule has 2 aromatic carbocycles. The van der Waals surface area contributed by atoms with E-state index in [-0.39, 0.29) is 29.3 Å². The largest absolute Gasteiger partial charge is 0.390 e. The third kappa shape index (κ3) is 11.1. The van der Waals surface area contributed by atoms with E-state index < -0.39 is 41.6 Å². The Labute approximate surface area is 311 Å². The average Bonchev–Trinajstić information content (AvgIpc) is 3.12. The maximum Gasteiger partial charge on any atom is 0.270 e. The van der Waals surface area contributed by atoms with Crippen LogP contribution < -0.4 is 16.0 Å². The second kappa shape index (κ2) is 17.9. The number of amides is 3. The number of nitrogens with zero attached hydrogens (tertiary/aromatic N) is 3. The van der Waals surface area contributed by atoms with E-state index in [4.69, 9.17) is 0 Å². The number of carbonyl (C=O) groups excluding carboxylic acids is 3. The van der Waals surface area contributed by atoms with Gasteiger partial charge in [0.1, 0.15) is 11.7 Å². The number of thioether (sulfide) groups is 1. The number of benzene rings is 2. The SMILES string of the molecule is CC(C)C(NC(=O)c1ccc2ccccc2n1)C(=O)NC(Cc1ccccc1)C(O)CN1CCC(SCc2cccnc2)CC1C(=O)NC(C)(C)C. The Kier molecular flexibility index (Phi) is 13.4. The number of aromatic nitrogens is 2. The maximum absolute atomic E-state index is 14.0. The van der Waals surface area contributed by atoms with E-state index >= 15 is 0 Å². The van der Waals surface area contributed by atoms with Gasteiger partial charge in [0.2, 0.25) is 11.8 Å². The Morgan fingerprint density at radius 2 is 1.67 bits per heavy atom. The summed E-state index contributed by atoms with van der Waals surface area (Å²) >= 11 is 1.83. The summed E-state index contributed by atoms with van der Waals surface area (Å²) in [6.45, 7) is 10.5. The standard InChI is InChI=1S/C41H52N6O4S/c1-27(2)37(45-38(49)33-18-17-30-15-9-10-16-32(30)43-33)40(51)44-34(22-28-12-7-6-8-13-28)36(48)25-47-21-19-31(52-26-29-14-11-20-42-24-29)23-35(47)39(50)46-41(3,4)5/h6-18,20,24,27,31,34-37,48H,19,21-23,25-26H2,1-5H3,(H,44,51)(H,45,49)(H,46,50). The molecule has 1 fully saturated rings. The number of para-hydroxylation sites is 1. The minimum absolute atomic E-state index is 0.0695. The molecule has 1 aliphatic rings. The summed E-state index contributed by atoms with van der Waals surface area (Å²) in [5.41, 5.74) is 2.59. The van der Waals surface area contributed by atoms with E-state index in [1.54, 1.807) is 12.3 Å². The lowest BCUT2D eigenvalue weighted by Crippen LogP contribution is -2.60. The highest BCUT2D eigenvalue weighted by molar-refractivity contribution is 7.99. The number of fused-ring (bicyclic) bond motifs is 1. The van der Waals surface area contributed by atoms with Crippen molar-refractivity contribution in [1.29, 1.82) is 0 Å². The third-order valence-electron chi connectivity index (χ3n) is 9.25. The number of hydrogen-bond donors (Lipinski definition) is 4. The fraction of sp³-hybridized carbons (Fsp3) is 0.439. The molecule has 0 saturated carbocycles. The molecule has 4 N–H and O–H groups in total. The number of β-amino-alcohol motifs (C(OH)–C–C–N with tert-alkyl or cyclic N) is 1. The van der Waals surface area contributed by atoms with Gasteiger partial charge in [-0.1, -0.05) is 74.5 Å². The Hall–Kier alpha value is -4.32. The molecule has 0 aliphatic carbocycles. The summed E-state index contributed by atoms with van der Waals surface area (Å²) < 4.78 is 0. The fourth-order valence-corrected chi connectivity index (χ4v) is 7.70. The molecule has 0 radical (unpaired) electrons. The van der Waals surface area contributed by atoms with Gasteiger partial charge < -0.3 is 21.1 Å². The van der Waals surface area contributed by atoms with Crippen LogP contribution in [0.3, 0.4) is 0 Å². The smallest absolute Gasteiger partial charge is 0.270 e. The Balaban J connectivity index is 1.31. The minimum Gasteiger partial charge on any atom is -0.390 e. The predicted molar refractivity (Wildman–Crippen MR) is 208 cm³/mol. The first-order chi connectivity index (χ1) is 24.9. The van der Waals surface area contributed by atoms with Crippen molar-refractivity contribution in [2.45, 2.75) is 94.7 Å². The van der Waals surface area contributed by atoms with Gasteiger partial charge >= 0.3 is 0 Å². The lowest BCUT2D eigenvalue weighted by Gasteiger charge is -2.41. The van der Waals surface area contributed by atoms with Crippen molar-refractivity contribution < 1.29 is 19.5 Å². The quantitative estimate of drug-likeness (QED) is 0.140. The van der Waals surface area contributed by atoms with Gasteiger partial charge in [0.05, 0.1) is 23.7 Å². The lowest BCUT2D eigenvalue weighted by molar-refractivity contribution is -0.130. The van der Waals surface area contributed by atoms with Crippen LogP contribution >= 0.6 is 11.8 Å². The van der Waals surface area contributed by atoms with Crippen molar-refractivity contribution in [3.8, 4) is 0 Å². The van der Waals surface area contributed by atoms with Crippen molar-refractivity contribution in [2.24, 2.45) is 5.92 Å². The number of aliphatic hydroxyl groups is 1. The van der Waals surface area contributed by atoms with Crippen molar-refractivity contribution in [2.75, 3.05) is 13.1 Å². The first-order valence-electron chi connectivity index (χ1n) is 18.1. The number of piperidine rings is 1. The first kappa shape index (κ1) is 38.9. The van der Waals surface area contributed by atoms with Gasteiger partial charge in [-0.25, -0.2) is 4.98 Å². The number of aliphatic hydroxyl groups excluding tert-OH is 1. The summed E-state index contributed by atoms with van der Waals surface area (Å²) in [7, 11) is 0. The number of likely N-dealkylation sites (tertiary alicyclic amines) is 1. The van der Waals surface area contributed by atoms with Crippen LogP contribution in [0.15, 0.2) is 91.3 Å². The van der Waals surface area contributed by atoms with Gasteiger partial charge in [-0.05, 0) is 75.3 Å². The second-order valence-corrected chi connectivity index (χ2v) is 16.3. The zero-order valence-electron chi connectivity index (χ0n) is 30.8. The molecule has 2 aromatic heterocycles. The van der Waals surface area contributed by atoms with Crippen molar-refractivity contribution in [1.82, 2.24) is 30.8 Å². The monoisotopic (exact) mass is 724 g/mol. The number of rotatable bonds is 14. The number of nitrogens with one attached hydrogen (secondary N) is 3. The van der Waals surface area contributed by atoms with Crippen LogP contribution in [-0.2, 0) is 21.8 Å². The Bertz CT molecular complexity index is 1780. The molecule has 5 unspecified atom stereocenters. The molecule has 0 bridgehead atoms. The molecule has 5 rings (SSSR count). The zero-order chi connectivity index (χ0) is 37.3. The average molecular weight is 725 g/mol. The van der Waals surface area contributed by atoms with Crippen molar-refractivity contribution in [3.05, 3.63) is 108 Å². The highest BCUT2D eigenvalue weighted by Crippen LogP contribution is 2.30. The summed E-state index contributed by atoms with van der Waals surface area (Å²) in [5.74, 6) is -0.342. The van der Waals surface area contributed by atoms with Crippen LogP contribution in [0.4, 0.5) is 0 Å². The second-order valence-electron chi connectivity index (χ2n) is 15.0. The highest BCUT2D eigenvalue weighted by Gasteiger charge is 2.38. The number of carbonyl (C=O) groups is 3. The Morgan fingerprint density at radius 1 is 0.942 bits per heavy atom. The van der Waals surface area contributed by atoms with E-state index in [0.29, 0.717) is 24.9 Å². The number of pyridine rings is 2. The van der Waals surface area contributed by atoms with Crippen molar-refractivity contribution >= 4 is 40.4 Å². The van der Waals surface area contributed by atoms with Gasteiger partial charge in [0.25, 0.3) is 5.91 Å². The maximum atomic E-state index is 14.0. The minimum atomic E-state index is -1.00. The molecule has 3 amide bonds. The van der Waals surface area contributed by atoms with Crippen LogP contribution in [0.5, 0.6) is 0 Å². The van der Waals surface area contributed by atoms with E-state index in [0.717, 1.165) is 28.7 Å². The number of hydrogen-bond acceptors (Lipinski definition) is 8. The molecule has 10 nitrogen and oxygen atoms in total. The summed E-state index contributed by atoms with van der Waals surface area (Å²) in [6.07, 6.45) is 4.50. The molecule has 5 atom stereocenters. The molecular weight excluding hydrogens is 673 g/mol. The summed E-state index contributed by atoms with van der Waals surface area (Å²) in [6, 6.07) is 22.7. The topological polar surface area (TPSA) is 137 Å².